The van der Waals surface area contributed by atoms with E-state index in [1.807, 2.05) is 6.92 Å². The molecular weight excluding hydrogens is 604 g/mol. The van der Waals surface area contributed by atoms with E-state index >= 15 is 0 Å². The molecule has 2 amide bonds. The molecule has 0 bridgehead atoms. The number of anilines is 1. The third-order valence-electron chi connectivity index (χ3n) is 6.59. The fraction of sp³-hybridized carbons (Fsp3) is 0.333. The first-order chi connectivity index (χ1) is 20.0. The van der Waals surface area contributed by atoms with Gasteiger partial charge < -0.3 is 15.0 Å². The Kier molecular flexibility index (Phi) is 12.0. The molecule has 0 aliphatic carbocycles. The molecule has 1 unspecified atom stereocenters. The smallest absolute Gasteiger partial charge is 0.264 e. The Bertz CT molecular complexity index is 1470. The number of nitrogens with one attached hydrogen (secondary N) is 1. The summed E-state index contributed by atoms with van der Waals surface area (Å²) in [5.41, 5.74) is 0.680. The van der Waals surface area contributed by atoms with Crippen LogP contribution in [-0.2, 0) is 26.2 Å². The maximum Gasteiger partial charge on any atom is 0.264 e. The second kappa shape index (κ2) is 15.2. The summed E-state index contributed by atoms with van der Waals surface area (Å²) in [6.07, 6.45) is 1.91. The molecule has 3 aromatic carbocycles. The molecule has 1 N–H and O–H groups in total. The number of benzene rings is 3. The fourth-order valence-electron chi connectivity index (χ4n) is 4.27. The number of hydrogen-bond acceptors (Lipinski definition) is 5. The quantitative estimate of drug-likeness (QED) is 0.217. The van der Waals surface area contributed by atoms with Gasteiger partial charge in [0.05, 0.1) is 27.7 Å². The van der Waals surface area contributed by atoms with Gasteiger partial charge in [-0.1, -0.05) is 49.5 Å². The van der Waals surface area contributed by atoms with Crippen LogP contribution in [0.5, 0.6) is 5.75 Å². The monoisotopic (exact) mass is 637 g/mol. The Hall–Kier alpha value is -3.34. The molecule has 3 rings (SSSR count). The topological polar surface area (TPSA) is 96.0 Å². The van der Waals surface area contributed by atoms with Crippen LogP contribution in [0.4, 0.5) is 10.1 Å². The van der Waals surface area contributed by atoms with Gasteiger partial charge in [-0.3, -0.25) is 13.9 Å². The predicted molar refractivity (Wildman–Crippen MR) is 163 cm³/mol. The lowest BCUT2D eigenvalue weighted by Gasteiger charge is -2.33. The minimum atomic E-state index is -4.31. The summed E-state index contributed by atoms with van der Waals surface area (Å²) in [4.78, 5) is 28.5. The first-order valence-corrected chi connectivity index (χ1v) is 15.6. The highest BCUT2D eigenvalue weighted by Gasteiger charge is 2.33. The van der Waals surface area contributed by atoms with Gasteiger partial charge in [-0.15, -0.1) is 0 Å². The van der Waals surface area contributed by atoms with Gasteiger partial charge in [0.1, 0.15) is 24.2 Å². The lowest BCUT2D eigenvalue weighted by molar-refractivity contribution is -0.140. The summed E-state index contributed by atoms with van der Waals surface area (Å²) in [5.74, 6) is -1.11. The summed E-state index contributed by atoms with van der Waals surface area (Å²) in [7, 11) is -2.85. The number of halogens is 3. The van der Waals surface area contributed by atoms with Gasteiger partial charge in [0, 0.05) is 13.1 Å². The number of unbranched alkanes of at least 4 members (excludes halogenated alkanes) is 1. The maximum absolute atomic E-state index is 14.1. The molecule has 42 heavy (non-hydrogen) atoms. The van der Waals surface area contributed by atoms with Gasteiger partial charge in [-0.25, -0.2) is 12.8 Å². The Morgan fingerprint density at radius 2 is 1.64 bits per heavy atom. The molecular formula is C30H34Cl2FN3O5S. The standard InChI is InChI=1S/C30H34Cl2FN3O5S/c1-4-6-17-34-30(38)28(5-2)35(19-21-7-16-26(31)27(32)18-21)29(37)20-36(23-10-8-22(33)9-11-23)42(39,40)25-14-12-24(41-3)13-15-25/h7-16,18,28H,4-6,17,19-20H2,1-3H3,(H,34,38). The SMILES string of the molecule is CCCCNC(=O)C(CC)N(Cc1ccc(Cl)c(Cl)c1)C(=O)CN(c1ccc(F)cc1)S(=O)(=O)c1ccc(OC)cc1. The van der Waals surface area contributed by atoms with Crippen molar-refractivity contribution in [2.45, 2.75) is 50.6 Å². The van der Waals surface area contributed by atoms with Gasteiger partial charge in [-0.05, 0) is 79.1 Å². The van der Waals surface area contributed by atoms with E-state index in [2.05, 4.69) is 5.32 Å². The number of carbonyl (C=O) groups excluding carboxylic acids is 2. The first-order valence-electron chi connectivity index (χ1n) is 13.4. The molecule has 3 aromatic rings. The second-order valence-corrected chi connectivity index (χ2v) is 12.2. The minimum absolute atomic E-state index is 0.0325. The molecule has 8 nitrogen and oxygen atoms in total. The normalized spacial score (nSPS) is 12.0. The van der Waals surface area contributed by atoms with E-state index in [4.69, 9.17) is 27.9 Å². The average molecular weight is 639 g/mol. The molecule has 0 aromatic heterocycles. The van der Waals surface area contributed by atoms with Crippen molar-refractivity contribution in [3.05, 3.63) is 88.2 Å². The van der Waals surface area contributed by atoms with Crippen LogP contribution in [0.1, 0.15) is 38.7 Å². The van der Waals surface area contributed by atoms with Crippen molar-refractivity contribution in [3.8, 4) is 5.75 Å². The third-order valence-corrected chi connectivity index (χ3v) is 9.12. The maximum atomic E-state index is 14.1. The molecule has 1 atom stereocenters. The molecule has 0 fully saturated rings. The molecule has 226 valence electrons. The number of sulfonamides is 1. The van der Waals surface area contributed by atoms with Crippen LogP contribution in [0, 0.1) is 5.82 Å². The van der Waals surface area contributed by atoms with Crippen LogP contribution >= 0.6 is 23.2 Å². The van der Waals surface area contributed by atoms with E-state index in [0.717, 1.165) is 29.3 Å². The van der Waals surface area contributed by atoms with Crippen molar-refractivity contribution < 1.29 is 27.1 Å². The largest absolute Gasteiger partial charge is 0.497 e. The molecule has 0 saturated heterocycles. The van der Waals surface area contributed by atoms with Crippen LogP contribution in [-0.4, -0.2) is 51.4 Å². The first kappa shape index (κ1) is 33.2. The number of nitrogens with zero attached hydrogens (tertiary/aromatic N) is 2. The van der Waals surface area contributed by atoms with Crippen molar-refractivity contribution in [1.29, 1.82) is 0 Å². The Labute approximate surface area is 256 Å². The number of ether oxygens (including phenoxy) is 1. The van der Waals surface area contributed by atoms with Crippen molar-refractivity contribution in [3.63, 3.8) is 0 Å². The van der Waals surface area contributed by atoms with Crippen LogP contribution in [0.3, 0.4) is 0 Å². The zero-order valence-corrected chi connectivity index (χ0v) is 26.0. The molecule has 0 radical (unpaired) electrons. The van der Waals surface area contributed by atoms with Gasteiger partial charge >= 0.3 is 0 Å². The summed E-state index contributed by atoms with van der Waals surface area (Å²) in [5, 5.41) is 3.47. The minimum Gasteiger partial charge on any atom is -0.497 e. The van der Waals surface area contributed by atoms with E-state index in [1.54, 1.807) is 25.1 Å². The van der Waals surface area contributed by atoms with Crippen LogP contribution in [0.25, 0.3) is 0 Å². The van der Waals surface area contributed by atoms with Crippen molar-refractivity contribution >= 4 is 50.7 Å². The Morgan fingerprint density at radius 1 is 0.976 bits per heavy atom. The predicted octanol–water partition coefficient (Wildman–Crippen LogP) is 6.06. The van der Waals surface area contributed by atoms with Crippen molar-refractivity contribution in [1.82, 2.24) is 10.2 Å². The van der Waals surface area contributed by atoms with Crippen molar-refractivity contribution in [2.75, 3.05) is 24.5 Å². The van der Waals surface area contributed by atoms with E-state index in [0.29, 0.717) is 22.9 Å². The summed E-state index contributed by atoms with van der Waals surface area (Å²) < 4.78 is 47.6. The summed E-state index contributed by atoms with van der Waals surface area (Å²) in [6.45, 7) is 3.52. The zero-order valence-electron chi connectivity index (χ0n) is 23.6. The highest BCUT2D eigenvalue weighted by molar-refractivity contribution is 7.92. The molecule has 0 aliphatic rings. The number of rotatable bonds is 14. The van der Waals surface area contributed by atoms with E-state index in [-0.39, 0.29) is 34.5 Å². The lowest BCUT2D eigenvalue weighted by atomic mass is 10.1. The Balaban J connectivity index is 2.04. The van der Waals surface area contributed by atoms with Gasteiger partial charge in [0.2, 0.25) is 11.8 Å². The molecule has 12 heteroatoms. The van der Waals surface area contributed by atoms with E-state index < -0.39 is 34.3 Å². The third kappa shape index (κ3) is 8.36. The second-order valence-electron chi connectivity index (χ2n) is 9.50. The molecule has 0 saturated carbocycles. The molecule has 0 spiro atoms. The highest BCUT2D eigenvalue weighted by atomic mass is 35.5. The highest BCUT2D eigenvalue weighted by Crippen LogP contribution is 2.27. The number of methoxy groups -OCH3 is 1. The summed E-state index contributed by atoms with van der Waals surface area (Å²) in [6, 6.07) is 14.4. The van der Waals surface area contributed by atoms with Gasteiger partial charge in [0.15, 0.2) is 0 Å². The zero-order chi connectivity index (χ0) is 30.9. The van der Waals surface area contributed by atoms with Crippen molar-refractivity contribution in [2.24, 2.45) is 0 Å². The molecule has 0 heterocycles. The lowest BCUT2D eigenvalue weighted by Crippen LogP contribution is -2.52. The fourth-order valence-corrected chi connectivity index (χ4v) is 6.01. The number of carbonyl (C=O) groups is 2. The van der Waals surface area contributed by atoms with Crippen LogP contribution in [0.2, 0.25) is 10.0 Å². The van der Waals surface area contributed by atoms with Crippen LogP contribution < -0.4 is 14.4 Å². The number of amides is 2. The summed E-state index contributed by atoms with van der Waals surface area (Å²) >= 11 is 12.3. The van der Waals surface area contributed by atoms with E-state index in [9.17, 15) is 22.4 Å². The molecule has 0 aliphatic heterocycles. The average Bonchev–Trinajstić information content (AvgIpc) is 2.98. The number of hydrogen-bond donors (Lipinski definition) is 1. The van der Waals surface area contributed by atoms with Gasteiger partial charge in [-0.2, -0.15) is 0 Å². The van der Waals surface area contributed by atoms with E-state index in [1.165, 1.54) is 48.4 Å². The Morgan fingerprint density at radius 3 is 2.21 bits per heavy atom. The van der Waals surface area contributed by atoms with Crippen LogP contribution in [0.15, 0.2) is 71.6 Å². The van der Waals surface area contributed by atoms with Gasteiger partial charge in [0.25, 0.3) is 10.0 Å².